The molecule has 1 aliphatic heterocycles. The number of carbonyl (C=O) groups excluding carboxylic acids is 1. The molecule has 10 nitrogen and oxygen atoms in total. The van der Waals surface area contributed by atoms with Crippen molar-refractivity contribution in [2.45, 2.75) is 13.2 Å². The first kappa shape index (κ1) is 21.8. The SMILES string of the molecule is Nc1c(NCC(=O)Nc2nc(-c3ccc(OC(F)F)c(Cl)c3)cs2)c(=O)nc2n1CCN2. The minimum atomic E-state index is -2.98. The first-order valence-corrected chi connectivity index (χ1v) is 10.5. The van der Waals surface area contributed by atoms with Crippen LogP contribution in [0.4, 0.5) is 31.4 Å². The van der Waals surface area contributed by atoms with E-state index in [1.165, 1.54) is 18.2 Å². The van der Waals surface area contributed by atoms with Crippen molar-refractivity contribution in [2.75, 3.05) is 34.8 Å². The van der Waals surface area contributed by atoms with Crippen molar-refractivity contribution < 1.29 is 18.3 Å². The van der Waals surface area contributed by atoms with E-state index < -0.39 is 18.1 Å². The number of amides is 1. The highest BCUT2D eigenvalue weighted by Crippen LogP contribution is 2.32. The maximum atomic E-state index is 12.4. The van der Waals surface area contributed by atoms with Gasteiger partial charge in [-0.3, -0.25) is 14.2 Å². The van der Waals surface area contributed by atoms with Crippen LogP contribution in [0, 0.1) is 0 Å². The molecule has 0 saturated heterocycles. The molecular formula is C18H16ClF2N7O3S. The average molecular weight is 484 g/mol. The molecule has 14 heteroatoms. The molecule has 0 fully saturated rings. The summed E-state index contributed by atoms with van der Waals surface area (Å²) in [6.45, 7) is -2.03. The third-order valence-corrected chi connectivity index (χ3v) is 5.52. The molecule has 3 heterocycles. The van der Waals surface area contributed by atoms with Crippen LogP contribution in [0.3, 0.4) is 0 Å². The normalized spacial score (nSPS) is 12.4. The van der Waals surface area contributed by atoms with Crippen LogP contribution in [-0.4, -0.2) is 40.1 Å². The minimum Gasteiger partial charge on any atom is -0.433 e. The van der Waals surface area contributed by atoms with Crippen molar-refractivity contribution in [3.63, 3.8) is 0 Å². The van der Waals surface area contributed by atoms with Crippen molar-refractivity contribution in [3.8, 4) is 17.0 Å². The maximum absolute atomic E-state index is 12.4. The van der Waals surface area contributed by atoms with Gasteiger partial charge in [-0.2, -0.15) is 13.8 Å². The van der Waals surface area contributed by atoms with Gasteiger partial charge in [0.25, 0.3) is 5.56 Å². The van der Waals surface area contributed by atoms with Gasteiger partial charge in [-0.1, -0.05) is 11.6 Å². The summed E-state index contributed by atoms with van der Waals surface area (Å²) in [5, 5.41) is 10.3. The number of aromatic nitrogens is 3. The first-order valence-electron chi connectivity index (χ1n) is 9.20. The van der Waals surface area contributed by atoms with E-state index in [0.717, 1.165) is 11.3 Å². The Balaban J connectivity index is 1.40. The molecule has 1 aromatic carbocycles. The van der Waals surface area contributed by atoms with Crippen LogP contribution in [0.15, 0.2) is 28.4 Å². The van der Waals surface area contributed by atoms with Crippen LogP contribution < -0.4 is 32.0 Å². The minimum absolute atomic E-state index is 0.00705. The van der Waals surface area contributed by atoms with E-state index in [1.807, 2.05) is 0 Å². The Morgan fingerprint density at radius 1 is 1.41 bits per heavy atom. The van der Waals surface area contributed by atoms with Gasteiger partial charge >= 0.3 is 6.61 Å². The van der Waals surface area contributed by atoms with Crippen molar-refractivity contribution >= 4 is 51.4 Å². The third kappa shape index (κ3) is 4.57. The highest BCUT2D eigenvalue weighted by atomic mass is 35.5. The van der Waals surface area contributed by atoms with Crippen molar-refractivity contribution in [1.29, 1.82) is 0 Å². The van der Waals surface area contributed by atoms with Gasteiger partial charge in [0.05, 0.1) is 17.3 Å². The lowest BCUT2D eigenvalue weighted by molar-refractivity contribution is -0.114. The molecule has 3 aromatic rings. The van der Waals surface area contributed by atoms with Crippen LogP contribution >= 0.6 is 22.9 Å². The summed E-state index contributed by atoms with van der Waals surface area (Å²) in [6.07, 6.45) is 0. The summed E-state index contributed by atoms with van der Waals surface area (Å²) in [5.74, 6) is -0.00325. The van der Waals surface area contributed by atoms with Crippen LogP contribution in [0.5, 0.6) is 5.75 Å². The number of thiazole rings is 1. The highest BCUT2D eigenvalue weighted by Gasteiger charge is 2.19. The van der Waals surface area contributed by atoms with Gasteiger partial charge in [0, 0.05) is 24.0 Å². The van der Waals surface area contributed by atoms with Gasteiger partial charge in [-0.05, 0) is 18.2 Å². The quantitative estimate of drug-likeness (QED) is 0.402. The molecule has 0 spiro atoms. The summed E-state index contributed by atoms with van der Waals surface area (Å²) in [4.78, 5) is 32.6. The smallest absolute Gasteiger partial charge is 0.387 e. The number of nitrogens with one attached hydrogen (secondary N) is 3. The number of nitrogen functional groups attached to an aromatic ring is 1. The molecule has 0 bridgehead atoms. The Labute approximate surface area is 188 Å². The number of rotatable bonds is 7. The van der Waals surface area contributed by atoms with Gasteiger partial charge < -0.3 is 26.4 Å². The molecule has 0 radical (unpaired) electrons. The number of alkyl halides is 2. The van der Waals surface area contributed by atoms with E-state index >= 15 is 0 Å². The average Bonchev–Trinajstić information content (AvgIpc) is 3.38. The molecule has 32 heavy (non-hydrogen) atoms. The molecule has 0 atom stereocenters. The standard InChI is InChI=1S/C18H16ClF2N7O3S/c19-9-5-8(1-2-11(9)31-16(20)21)10-7-32-18(25-10)26-12(29)6-24-13-14(22)28-4-3-23-17(28)27-15(13)30/h1-2,5,7,16,24H,3-4,6,22H2,(H,23,27,30)(H,25,26,29). The molecule has 168 valence electrons. The van der Waals surface area contributed by atoms with E-state index in [4.69, 9.17) is 17.3 Å². The topological polar surface area (TPSA) is 136 Å². The Morgan fingerprint density at radius 2 is 2.22 bits per heavy atom. The van der Waals surface area contributed by atoms with Crippen LogP contribution in [-0.2, 0) is 11.3 Å². The Hall–Kier alpha value is -3.45. The Morgan fingerprint density at radius 3 is 2.97 bits per heavy atom. The monoisotopic (exact) mass is 483 g/mol. The van der Waals surface area contributed by atoms with E-state index in [-0.39, 0.29) is 28.8 Å². The Bertz CT molecular complexity index is 1230. The zero-order valence-corrected chi connectivity index (χ0v) is 17.8. The van der Waals surface area contributed by atoms with E-state index in [9.17, 15) is 18.4 Å². The number of anilines is 4. The fourth-order valence-corrected chi connectivity index (χ4v) is 3.99. The maximum Gasteiger partial charge on any atom is 0.387 e. The number of hydrogen-bond donors (Lipinski definition) is 4. The number of ether oxygens (including phenoxy) is 1. The molecule has 0 aliphatic carbocycles. The number of fused-ring (bicyclic) bond motifs is 1. The summed E-state index contributed by atoms with van der Waals surface area (Å²) in [6, 6.07) is 4.28. The van der Waals surface area contributed by atoms with Gasteiger partial charge in [-0.25, -0.2) is 4.98 Å². The molecule has 2 aromatic heterocycles. The fourth-order valence-electron chi connectivity index (χ4n) is 3.03. The summed E-state index contributed by atoms with van der Waals surface area (Å²) >= 11 is 7.13. The van der Waals surface area contributed by atoms with E-state index in [1.54, 1.807) is 9.95 Å². The molecule has 0 saturated carbocycles. The van der Waals surface area contributed by atoms with E-state index in [2.05, 4.69) is 30.7 Å². The molecule has 0 unspecified atom stereocenters. The predicted molar refractivity (Wildman–Crippen MR) is 118 cm³/mol. The fraction of sp³-hybridized carbons (Fsp3) is 0.222. The predicted octanol–water partition coefficient (Wildman–Crippen LogP) is 2.68. The molecule has 5 N–H and O–H groups in total. The van der Waals surface area contributed by atoms with Crippen molar-refractivity contribution in [2.24, 2.45) is 0 Å². The van der Waals surface area contributed by atoms with Gasteiger partial charge in [0.1, 0.15) is 17.3 Å². The molecular weight excluding hydrogens is 468 g/mol. The number of nitrogens with zero attached hydrogens (tertiary/aromatic N) is 3. The summed E-state index contributed by atoms with van der Waals surface area (Å²) < 4.78 is 30.7. The molecule has 4 rings (SSSR count). The number of halogens is 3. The van der Waals surface area contributed by atoms with Crippen LogP contribution in [0.25, 0.3) is 11.3 Å². The molecule has 1 aliphatic rings. The van der Waals surface area contributed by atoms with Crippen LogP contribution in [0.2, 0.25) is 5.02 Å². The summed E-state index contributed by atoms with van der Waals surface area (Å²) in [7, 11) is 0. The zero-order valence-electron chi connectivity index (χ0n) is 16.2. The number of nitrogens with two attached hydrogens (primary N) is 1. The highest BCUT2D eigenvalue weighted by molar-refractivity contribution is 7.14. The zero-order chi connectivity index (χ0) is 22.8. The Kier molecular flexibility index (Phi) is 6.10. The lowest BCUT2D eigenvalue weighted by Crippen LogP contribution is -2.27. The van der Waals surface area contributed by atoms with E-state index in [0.29, 0.717) is 35.4 Å². The third-order valence-electron chi connectivity index (χ3n) is 4.46. The van der Waals surface area contributed by atoms with Gasteiger partial charge in [0.15, 0.2) is 5.13 Å². The lowest BCUT2D eigenvalue weighted by Gasteiger charge is -2.12. The van der Waals surface area contributed by atoms with Crippen molar-refractivity contribution in [3.05, 3.63) is 39.0 Å². The second-order valence-corrected chi connectivity index (χ2v) is 7.81. The first-order chi connectivity index (χ1) is 15.3. The number of hydrogen-bond acceptors (Lipinski definition) is 9. The number of carbonyl (C=O) groups is 1. The van der Waals surface area contributed by atoms with Crippen LogP contribution in [0.1, 0.15) is 0 Å². The van der Waals surface area contributed by atoms with Gasteiger partial charge in [0.2, 0.25) is 11.9 Å². The molecule has 1 amide bonds. The second-order valence-electron chi connectivity index (χ2n) is 6.54. The van der Waals surface area contributed by atoms with Gasteiger partial charge in [-0.15, -0.1) is 11.3 Å². The summed E-state index contributed by atoms with van der Waals surface area (Å²) in [5.41, 5.74) is 6.54. The largest absolute Gasteiger partial charge is 0.433 e. The number of benzene rings is 1. The lowest BCUT2D eigenvalue weighted by atomic mass is 10.2. The second kappa shape index (κ2) is 8.96. The van der Waals surface area contributed by atoms with Crippen molar-refractivity contribution in [1.82, 2.24) is 14.5 Å².